The molecule has 7 nitrogen and oxygen atoms in total. The number of hydrogen-bond acceptors (Lipinski definition) is 7. The second-order valence-electron chi connectivity index (χ2n) is 7.20. The van der Waals surface area contributed by atoms with Gasteiger partial charge >= 0.3 is 0 Å². The van der Waals surface area contributed by atoms with Crippen LogP contribution in [-0.4, -0.2) is 26.8 Å². The molecule has 2 aliphatic rings. The Kier molecular flexibility index (Phi) is 4.23. The number of rotatable bonds is 5. The second-order valence-corrected chi connectivity index (χ2v) is 8.13. The standard InChI is InChI=1S/C22H18N4O3S/c1-2-5-15(6-3-1)26-18-8-4-7-16(18)17(25-26)12-30-22-24-23-21(29-22)14-9-10-19-20(11-14)28-13-27-19/h1-3,5-6,9-11H,4,7-8,12-13H2. The molecule has 6 rings (SSSR count). The zero-order valence-electron chi connectivity index (χ0n) is 16.1. The van der Waals surface area contributed by atoms with E-state index in [4.69, 9.17) is 19.0 Å². The molecule has 0 fully saturated rings. The van der Waals surface area contributed by atoms with E-state index in [0.29, 0.717) is 22.6 Å². The Balaban J connectivity index is 1.22. The van der Waals surface area contributed by atoms with Gasteiger partial charge in [-0.3, -0.25) is 0 Å². The topological polar surface area (TPSA) is 75.2 Å². The van der Waals surface area contributed by atoms with E-state index in [1.807, 2.05) is 36.4 Å². The van der Waals surface area contributed by atoms with E-state index < -0.39 is 0 Å². The summed E-state index contributed by atoms with van der Waals surface area (Å²) in [5.74, 6) is 2.60. The lowest BCUT2D eigenvalue weighted by Crippen LogP contribution is -2.01. The molecule has 0 bridgehead atoms. The number of para-hydroxylation sites is 1. The molecule has 0 spiro atoms. The maximum absolute atomic E-state index is 5.87. The molecule has 3 heterocycles. The number of benzene rings is 2. The summed E-state index contributed by atoms with van der Waals surface area (Å²) >= 11 is 1.52. The average Bonchev–Trinajstić information content (AvgIpc) is 3.57. The molecule has 2 aromatic carbocycles. The molecule has 150 valence electrons. The highest BCUT2D eigenvalue weighted by atomic mass is 32.2. The van der Waals surface area contributed by atoms with Crippen LogP contribution >= 0.6 is 11.8 Å². The highest BCUT2D eigenvalue weighted by Gasteiger charge is 2.24. The Hall–Kier alpha value is -3.26. The maximum Gasteiger partial charge on any atom is 0.277 e. The van der Waals surface area contributed by atoms with Crippen molar-refractivity contribution in [2.45, 2.75) is 30.2 Å². The zero-order chi connectivity index (χ0) is 19.9. The molecule has 0 N–H and O–H groups in total. The van der Waals surface area contributed by atoms with Crippen molar-refractivity contribution in [2.24, 2.45) is 0 Å². The summed E-state index contributed by atoms with van der Waals surface area (Å²) in [5.41, 5.74) is 5.70. The number of hydrogen-bond donors (Lipinski definition) is 0. The van der Waals surface area contributed by atoms with E-state index >= 15 is 0 Å². The molecule has 30 heavy (non-hydrogen) atoms. The molecule has 2 aromatic heterocycles. The van der Waals surface area contributed by atoms with E-state index in [-0.39, 0.29) is 6.79 Å². The van der Waals surface area contributed by atoms with Crippen LogP contribution in [0.4, 0.5) is 0 Å². The van der Waals surface area contributed by atoms with Crippen LogP contribution in [0.2, 0.25) is 0 Å². The summed E-state index contributed by atoms with van der Waals surface area (Å²) in [6.07, 6.45) is 3.31. The molecule has 1 aliphatic heterocycles. The lowest BCUT2D eigenvalue weighted by atomic mass is 10.2. The van der Waals surface area contributed by atoms with Crippen molar-refractivity contribution >= 4 is 11.8 Å². The van der Waals surface area contributed by atoms with Gasteiger partial charge in [-0.25, -0.2) is 4.68 Å². The Morgan fingerprint density at radius 1 is 0.967 bits per heavy atom. The number of aromatic nitrogens is 4. The summed E-state index contributed by atoms with van der Waals surface area (Å²) < 4.78 is 18.7. The predicted molar refractivity (Wildman–Crippen MR) is 111 cm³/mol. The van der Waals surface area contributed by atoms with Crippen molar-refractivity contribution in [3.63, 3.8) is 0 Å². The van der Waals surface area contributed by atoms with E-state index in [9.17, 15) is 0 Å². The number of ether oxygens (including phenoxy) is 2. The van der Waals surface area contributed by atoms with E-state index in [1.54, 1.807) is 0 Å². The van der Waals surface area contributed by atoms with E-state index in [0.717, 1.165) is 35.5 Å². The van der Waals surface area contributed by atoms with Gasteiger partial charge in [0.15, 0.2) is 11.5 Å². The van der Waals surface area contributed by atoms with Crippen molar-refractivity contribution in [3.8, 4) is 28.6 Å². The summed E-state index contributed by atoms with van der Waals surface area (Å²) in [6, 6.07) is 15.9. The number of nitrogens with zero attached hydrogens (tertiary/aromatic N) is 4. The summed E-state index contributed by atoms with van der Waals surface area (Å²) in [5, 5.41) is 13.8. The number of thioether (sulfide) groups is 1. The summed E-state index contributed by atoms with van der Waals surface area (Å²) in [4.78, 5) is 0. The maximum atomic E-state index is 5.87. The smallest absolute Gasteiger partial charge is 0.277 e. The summed E-state index contributed by atoms with van der Waals surface area (Å²) in [6.45, 7) is 0.240. The minimum absolute atomic E-state index is 0.240. The first-order chi connectivity index (χ1) is 14.8. The molecular formula is C22H18N4O3S. The third-order valence-electron chi connectivity index (χ3n) is 5.37. The van der Waals surface area contributed by atoms with Gasteiger partial charge in [0.1, 0.15) is 0 Å². The Morgan fingerprint density at radius 2 is 1.87 bits per heavy atom. The van der Waals surface area contributed by atoms with Crippen molar-refractivity contribution in [1.82, 2.24) is 20.0 Å². The monoisotopic (exact) mass is 418 g/mol. The highest BCUT2D eigenvalue weighted by Crippen LogP contribution is 2.36. The molecule has 0 saturated carbocycles. The fourth-order valence-electron chi connectivity index (χ4n) is 3.96. The molecular weight excluding hydrogens is 400 g/mol. The normalized spacial score (nSPS) is 14.3. The highest BCUT2D eigenvalue weighted by molar-refractivity contribution is 7.98. The van der Waals surface area contributed by atoms with Gasteiger partial charge in [-0.2, -0.15) is 5.10 Å². The van der Waals surface area contributed by atoms with Crippen LogP contribution < -0.4 is 9.47 Å². The van der Waals surface area contributed by atoms with Gasteiger partial charge in [0.2, 0.25) is 12.7 Å². The van der Waals surface area contributed by atoms with Gasteiger partial charge in [-0.05, 0) is 55.2 Å². The quantitative estimate of drug-likeness (QED) is 0.444. The third kappa shape index (κ3) is 3.04. The second kappa shape index (κ2) is 7.21. The van der Waals surface area contributed by atoms with Crippen LogP contribution in [-0.2, 0) is 18.6 Å². The fraction of sp³-hybridized carbons (Fsp3) is 0.227. The fourth-order valence-corrected chi connectivity index (χ4v) is 4.69. The minimum atomic E-state index is 0.240. The Morgan fingerprint density at radius 3 is 2.80 bits per heavy atom. The van der Waals surface area contributed by atoms with Gasteiger partial charge < -0.3 is 13.9 Å². The van der Waals surface area contributed by atoms with Gasteiger partial charge in [0.05, 0.1) is 11.4 Å². The van der Waals surface area contributed by atoms with E-state index in [2.05, 4.69) is 27.0 Å². The van der Waals surface area contributed by atoms with Crippen molar-refractivity contribution in [1.29, 1.82) is 0 Å². The first-order valence-electron chi connectivity index (χ1n) is 9.86. The molecule has 1 aliphatic carbocycles. The van der Waals surface area contributed by atoms with Gasteiger partial charge in [0, 0.05) is 17.0 Å². The molecule has 0 radical (unpaired) electrons. The molecule has 0 atom stereocenters. The first-order valence-corrected chi connectivity index (χ1v) is 10.8. The molecule has 8 heteroatoms. The third-order valence-corrected chi connectivity index (χ3v) is 6.20. The minimum Gasteiger partial charge on any atom is -0.454 e. The molecule has 0 saturated heterocycles. The van der Waals surface area contributed by atoms with Gasteiger partial charge in [-0.1, -0.05) is 30.0 Å². The van der Waals surface area contributed by atoms with Crippen molar-refractivity contribution in [3.05, 3.63) is 65.5 Å². The Bertz CT molecular complexity index is 1220. The SMILES string of the molecule is c1ccc(-n2nc(CSc3nnc(-c4ccc5c(c4)OCO5)o3)c3c2CCC3)cc1. The molecule has 0 amide bonds. The zero-order valence-corrected chi connectivity index (χ0v) is 16.9. The van der Waals surface area contributed by atoms with Crippen LogP contribution in [0, 0.1) is 0 Å². The predicted octanol–water partition coefficient (Wildman–Crippen LogP) is 4.43. The molecule has 4 aromatic rings. The van der Waals surface area contributed by atoms with Crippen LogP contribution in [0.25, 0.3) is 17.1 Å². The molecule has 0 unspecified atom stereocenters. The van der Waals surface area contributed by atoms with Crippen LogP contribution in [0.15, 0.2) is 58.2 Å². The summed E-state index contributed by atoms with van der Waals surface area (Å²) in [7, 11) is 0. The first kappa shape index (κ1) is 17.6. The van der Waals surface area contributed by atoms with Gasteiger partial charge in [-0.15, -0.1) is 10.2 Å². The Labute approximate surface area is 177 Å². The largest absolute Gasteiger partial charge is 0.454 e. The average molecular weight is 418 g/mol. The van der Waals surface area contributed by atoms with Crippen LogP contribution in [0.1, 0.15) is 23.4 Å². The van der Waals surface area contributed by atoms with Crippen molar-refractivity contribution in [2.75, 3.05) is 6.79 Å². The lowest BCUT2D eigenvalue weighted by Gasteiger charge is -2.04. The van der Waals surface area contributed by atoms with Crippen molar-refractivity contribution < 1.29 is 13.9 Å². The van der Waals surface area contributed by atoms with E-state index in [1.165, 1.54) is 29.4 Å². The number of fused-ring (bicyclic) bond motifs is 2. The van der Waals surface area contributed by atoms with Crippen LogP contribution in [0.3, 0.4) is 0 Å². The van der Waals surface area contributed by atoms with Crippen LogP contribution in [0.5, 0.6) is 11.5 Å². The van der Waals surface area contributed by atoms with Gasteiger partial charge in [0.25, 0.3) is 5.22 Å². The lowest BCUT2D eigenvalue weighted by molar-refractivity contribution is 0.174.